The van der Waals surface area contributed by atoms with E-state index < -0.39 is 0 Å². The van der Waals surface area contributed by atoms with Gasteiger partial charge < -0.3 is 5.32 Å². The standard InChI is InChI=1S/C29H33N.C2H6/c1-6-23-9-8-22(12-21(23)5)18-30-29-17-25(11-10-24(29)7-2)28-15-26-13-19(3)20(4)14-27(26)16-28;1-2/h8-15,17,30H,6-7,16,18H2,1-5H3;1-2H3. The fourth-order valence-corrected chi connectivity index (χ4v) is 4.53. The van der Waals surface area contributed by atoms with Gasteiger partial charge in [0.2, 0.25) is 0 Å². The highest BCUT2D eigenvalue weighted by atomic mass is 14.9. The molecule has 0 fully saturated rings. The molecule has 0 amide bonds. The Balaban J connectivity index is 0.00000141. The Morgan fingerprint density at radius 3 is 2.12 bits per heavy atom. The third-order valence-corrected chi connectivity index (χ3v) is 6.60. The lowest BCUT2D eigenvalue weighted by molar-refractivity contribution is 1.06. The van der Waals surface area contributed by atoms with Gasteiger partial charge in [0, 0.05) is 12.2 Å². The highest BCUT2D eigenvalue weighted by Gasteiger charge is 2.16. The number of allylic oxidation sites excluding steroid dienone is 1. The summed E-state index contributed by atoms with van der Waals surface area (Å²) >= 11 is 0. The lowest BCUT2D eigenvalue weighted by Gasteiger charge is -2.15. The fraction of sp³-hybridized carbons (Fsp3) is 0.355. The molecule has 32 heavy (non-hydrogen) atoms. The number of fused-ring (bicyclic) bond motifs is 1. The Kier molecular flexibility index (Phi) is 7.96. The van der Waals surface area contributed by atoms with Crippen LogP contribution in [0, 0.1) is 20.8 Å². The smallest absolute Gasteiger partial charge is 0.0400 e. The Morgan fingerprint density at radius 1 is 0.750 bits per heavy atom. The van der Waals surface area contributed by atoms with E-state index in [0.717, 1.165) is 25.8 Å². The van der Waals surface area contributed by atoms with Gasteiger partial charge in [0.1, 0.15) is 0 Å². The molecule has 1 aliphatic carbocycles. The first-order valence-corrected chi connectivity index (χ1v) is 12.2. The summed E-state index contributed by atoms with van der Waals surface area (Å²) in [6, 6.07) is 18.5. The second-order valence-corrected chi connectivity index (χ2v) is 8.68. The van der Waals surface area contributed by atoms with E-state index in [1.165, 1.54) is 61.3 Å². The summed E-state index contributed by atoms with van der Waals surface area (Å²) in [5.74, 6) is 0. The molecule has 0 atom stereocenters. The van der Waals surface area contributed by atoms with E-state index in [9.17, 15) is 0 Å². The maximum atomic E-state index is 3.72. The molecule has 1 N–H and O–H groups in total. The summed E-state index contributed by atoms with van der Waals surface area (Å²) in [4.78, 5) is 0. The van der Waals surface area contributed by atoms with Crippen molar-refractivity contribution in [1.29, 1.82) is 0 Å². The van der Waals surface area contributed by atoms with E-state index in [4.69, 9.17) is 0 Å². The summed E-state index contributed by atoms with van der Waals surface area (Å²) in [7, 11) is 0. The van der Waals surface area contributed by atoms with Crippen molar-refractivity contribution in [3.05, 3.63) is 98.6 Å². The fourth-order valence-electron chi connectivity index (χ4n) is 4.53. The summed E-state index contributed by atoms with van der Waals surface area (Å²) in [5, 5.41) is 3.72. The van der Waals surface area contributed by atoms with Gasteiger partial charge in [-0.2, -0.15) is 0 Å². The lowest BCUT2D eigenvalue weighted by atomic mass is 9.98. The molecule has 0 aliphatic heterocycles. The summed E-state index contributed by atoms with van der Waals surface area (Å²) in [5.41, 5.74) is 15.2. The number of rotatable bonds is 6. The van der Waals surface area contributed by atoms with E-state index in [2.05, 4.69) is 94.5 Å². The molecule has 1 nitrogen and oxygen atoms in total. The van der Waals surface area contributed by atoms with Gasteiger partial charge in [0.05, 0.1) is 0 Å². The Morgan fingerprint density at radius 2 is 1.44 bits per heavy atom. The van der Waals surface area contributed by atoms with Crippen LogP contribution in [0.3, 0.4) is 0 Å². The first-order valence-electron chi connectivity index (χ1n) is 12.2. The number of nitrogens with one attached hydrogen (secondary N) is 1. The SMILES string of the molecule is CC.CCc1ccc(CNc2cc(C3=Cc4cc(C)c(C)cc4C3)ccc2CC)cc1C. The van der Waals surface area contributed by atoms with Crippen LogP contribution in [0.4, 0.5) is 5.69 Å². The van der Waals surface area contributed by atoms with Gasteiger partial charge in [0.25, 0.3) is 0 Å². The number of anilines is 1. The van der Waals surface area contributed by atoms with Crippen LogP contribution < -0.4 is 5.32 Å². The van der Waals surface area contributed by atoms with Crippen molar-refractivity contribution in [2.75, 3.05) is 5.32 Å². The molecule has 4 rings (SSSR count). The summed E-state index contributed by atoms with van der Waals surface area (Å²) in [6.07, 6.45) is 5.53. The average Bonchev–Trinajstić information content (AvgIpc) is 3.21. The quantitative estimate of drug-likeness (QED) is 0.417. The van der Waals surface area contributed by atoms with E-state index in [1.807, 2.05) is 13.8 Å². The van der Waals surface area contributed by atoms with Gasteiger partial charge in [-0.05, 0) is 102 Å². The Bertz CT molecular complexity index is 1120. The van der Waals surface area contributed by atoms with Crippen molar-refractivity contribution in [1.82, 2.24) is 0 Å². The van der Waals surface area contributed by atoms with E-state index >= 15 is 0 Å². The second-order valence-electron chi connectivity index (χ2n) is 8.68. The van der Waals surface area contributed by atoms with Gasteiger partial charge in [-0.1, -0.05) is 76.2 Å². The van der Waals surface area contributed by atoms with Gasteiger partial charge >= 0.3 is 0 Å². The number of aryl methyl sites for hydroxylation is 5. The highest BCUT2D eigenvalue weighted by molar-refractivity contribution is 5.89. The van der Waals surface area contributed by atoms with E-state index in [0.29, 0.717) is 0 Å². The van der Waals surface area contributed by atoms with Crippen molar-refractivity contribution in [2.45, 2.75) is 74.3 Å². The third kappa shape index (κ3) is 5.15. The molecule has 1 aliphatic rings. The molecule has 0 saturated heterocycles. The number of hydrogen-bond acceptors (Lipinski definition) is 1. The minimum absolute atomic E-state index is 0.860. The van der Waals surface area contributed by atoms with Crippen molar-refractivity contribution in [2.24, 2.45) is 0 Å². The van der Waals surface area contributed by atoms with E-state index in [1.54, 1.807) is 0 Å². The van der Waals surface area contributed by atoms with Crippen molar-refractivity contribution < 1.29 is 0 Å². The van der Waals surface area contributed by atoms with Crippen LogP contribution in [0.5, 0.6) is 0 Å². The zero-order chi connectivity index (χ0) is 23.3. The summed E-state index contributed by atoms with van der Waals surface area (Å²) in [6.45, 7) is 15.9. The van der Waals surface area contributed by atoms with Gasteiger partial charge in [-0.15, -0.1) is 0 Å². The molecule has 0 aromatic heterocycles. The molecule has 0 bridgehead atoms. The molecule has 1 heteroatoms. The largest absolute Gasteiger partial charge is 0.381 e. The van der Waals surface area contributed by atoms with Gasteiger partial charge in [-0.25, -0.2) is 0 Å². The Hall–Kier alpha value is -2.80. The minimum atomic E-state index is 0.860. The maximum Gasteiger partial charge on any atom is 0.0400 e. The molecule has 0 radical (unpaired) electrons. The first kappa shape index (κ1) is 23.9. The molecular formula is C31H39N. The van der Waals surface area contributed by atoms with Crippen molar-refractivity contribution >= 4 is 17.3 Å². The normalized spacial score (nSPS) is 12.0. The van der Waals surface area contributed by atoms with Crippen molar-refractivity contribution in [3.63, 3.8) is 0 Å². The minimum Gasteiger partial charge on any atom is -0.381 e. The molecular weight excluding hydrogens is 386 g/mol. The van der Waals surface area contributed by atoms with Crippen LogP contribution in [-0.2, 0) is 25.8 Å². The highest BCUT2D eigenvalue weighted by Crippen LogP contribution is 2.35. The van der Waals surface area contributed by atoms with Crippen LogP contribution in [0.1, 0.15) is 77.8 Å². The Labute approximate surface area is 195 Å². The summed E-state index contributed by atoms with van der Waals surface area (Å²) < 4.78 is 0. The molecule has 0 saturated carbocycles. The second kappa shape index (κ2) is 10.7. The number of benzene rings is 3. The van der Waals surface area contributed by atoms with Crippen LogP contribution >= 0.6 is 0 Å². The molecule has 0 spiro atoms. The van der Waals surface area contributed by atoms with Gasteiger partial charge in [0.15, 0.2) is 0 Å². The zero-order valence-electron chi connectivity index (χ0n) is 21.0. The van der Waals surface area contributed by atoms with Crippen LogP contribution in [0.25, 0.3) is 11.6 Å². The van der Waals surface area contributed by atoms with Crippen LogP contribution in [-0.4, -0.2) is 0 Å². The predicted octanol–water partition coefficient (Wildman–Crippen LogP) is 8.47. The average molecular weight is 426 g/mol. The molecule has 3 aromatic carbocycles. The molecule has 3 aromatic rings. The maximum absolute atomic E-state index is 3.72. The van der Waals surface area contributed by atoms with Crippen LogP contribution in [0.15, 0.2) is 48.5 Å². The van der Waals surface area contributed by atoms with Gasteiger partial charge in [-0.3, -0.25) is 0 Å². The van der Waals surface area contributed by atoms with Crippen LogP contribution in [0.2, 0.25) is 0 Å². The zero-order valence-corrected chi connectivity index (χ0v) is 21.0. The molecule has 0 heterocycles. The number of hydrogen-bond donors (Lipinski definition) is 1. The monoisotopic (exact) mass is 425 g/mol. The third-order valence-electron chi connectivity index (χ3n) is 6.60. The molecule has 168 valence electrons. The first-order chi connectivity index (χ1) is 15.5. The van der Waals surface area contributed by atoms with Crippen molar-refractivity contribution in [3.8, 4) is 0 Å². The predicted molar refractivity (Wildman–Crippen MR) is 143 cm³/mol. The lowest BCUT2D eigenvalue weighted by Crippen LogP contribution is -2.04. The molecule has 0 unspecified atom stereocenters. The topological polar surface area (TPSA) is 12.0 Å². The van der Waals surface area contributed by atoms with E-state index in [-0.39, 0.29) is 0 Å².